The summed E-state index contributed by atoms with van der Waals surface area (Å²) in [6.45, 7) is 3.78. The Kier molecular flexibility index (Phi) is 4.93. The Morgan fingerprint density at radius 1 is 1.53 bits per heavy atom. The minimum absolute atomic E-state index is 0.00676. The van der Waals surface area contributed by atoms with Gasteiger partial charge in [0, 0.05) is 26.1 Å². The van der Waals surface area contributed by atoms with Crippen molar-refractivity contribution in [2.75, 3.05) is 27.2 Å². The van der Waals surface area contributed by atoms with Crippen LogP contribution in [0.1, 0.15) is 26.2 Å². The zero-order valence-corrected chi connectivity index (χ0v) is 10.8. The minimum atomic E-state index is -0.863. The van der Waals surface area contributed by atoms with Gasteiger partial charge < -0.3 is 14.9 Å². The van der Waals surface area contributed by atoms with E-state index in [-0.39, 0.29) is 18.4 Å². The van der Waals surface area contributed by atoms with Crippen LogP contribution in [0.3, 0.4) is 0 Å². The lowest BCUT2D eigenvalue weighted by molar-refractivity contribution is -0.140. The maximum atomic E-state index is 11.9. The highest BCUT2D eigenvalue weighted by Crippen LogP contribution is 2.19. The summed E-state index contributed by atoms with van der Waals surface area (Å²) in [5.74, 6) is -0.385. The summed E-state index contributed by atoms with van der Waals surface area (Å²) in [6.07, 6.45) is 1.60. The lowest BCUT2D eigenvalue weighted by atomic mass is 10.0. The summed E-state index contributed by atoms with van der Waals surface area (Å²) in [5, 5.41) is 8.69. The Balaban J connectivity index is 2.38. The monoisotopic (exact) mass is 242 g/mol. The molecule has 0 bridgehead atoms. The van der Waals surface area contributed by atoms with Gasteiger partial charge in [-0.1, -0.05) is 0 Å². The van der Waals surface area contributed by atoms with Crippen molar-refractivity contribution in [3.05, 3.63) is 0 Å². The van der Waals surface area contributed by atoms with Gasteiger partial charge in [-0.15, -0.1) is 0 Å². The molecule has 1 fully saturated rings. The van der Waals surface area contributed by atoms with Crippen LogP contribution in [0.15, 0.2) is 0 Å². The van der Waals surface area contributed by atoms with Gasteiger partial charge in [0.2, 0.25) is 5.91 Å². The van der Waals surface area contributed by atoms with E-state index in [9.17, 15) is 9.59 Å². The molecule has 2 atom stereocenters. The standard InChI is InChI=1S/C12H22N2O3/c1-9(6-12(16)17)14(3)11(15)7-10-4-5-13(2)8-10/h9-10H,4-8H2,1-3H3,(H,16,17). The summed E-state index contributed by atoms with van der Waals surface area (Å²) in [6, 6.07) is -0.237. The molecule has 98 valence electrons. The molecule has 0 spiro atoms. The number of aliphatic carboxylic acids is 1. The Morgan fingerprint density at radius 2 is 2.18 bits per heavy atom. The number of carboxylic acids is 1. The van der Waals surface area contributed by atoms with Crippen molar-refractivity contribution in [1.82, 2.24) is 9.80 Å². The Morgan fingerprint density at radius 3 is 2.65 bits per heavy atom. The van der Waals surface area contributed by atoms with E-state index in [1.807, 2.05) is 0 Å². The second kappa shape index (κ2) is 6.00. The van der Waals surface area contributed by atoms with E-state index in [1.165, 1.54) is 0 Å². The van der Waals surface area contributed by atoms with Crippen molar-refractivity contribution in [3.8, 4) is 0 Å². The number of hydrogen-bond donors (Lipinski definition) is 1. The summed E-state index contributed by atoms with van der Waals surface area (Å²) in [5.41, 5.74) is 0. The van der Waals surface area contributed by atoms with Crippen molar-refractivity contribution >= 4 is 11.9 Å². The molecule has 1 aliphatic heterocycles. The van der Waals surface area contributed by atoms with Crippen molar-refractivity contribution in [1.29, 1.82) is 0 Å². The zero-order valence-electron chi connectivity index (χ0n) is 10.8. The third-order valence-electron chi connectivity index (χ3n) is 3.48. The van der Waals surface area contributed by atoms with Gasteiger partial charge in [0.15, 0.2) is 0 Å². The largest absolute Gasteiger partial charge is 0.481 e. The highest BCUT2D eigenvalue weighted by atomic mass is 16.4. The molecular weight excluding hydrogens is 220 g/mol. The fourth-order valence-corrected chi connectivity index (χ4v) is 2.22. The maximum absolute atomic E-state index is 11.9. The lowest BCUT2D eigenvalue weighted by Crippen LogP contribution is -2.37. The number of nitrogens with zero attached hydrogens (tertiary/aromatic N) is 2. The van der Waals surface area contributed by atoms with Gasteiger partial charge in [-0.25, -0.2) is 0 Å². The van der Waals surface area contributed by atoms with Crippen molar-refractivity contribution in [2.24, 2.45) is 5.92 Å². The number of hydrogen-bond acceptors (Lipinski definition) is 3. The van der Waals surface area contributed by atoms with E-state index in [2.05, 4.69) is 11.9 Å². The molecule has 0 aromatic heterocycles. The topological polar surface area (TPSA) is 60.9 Å². The maximum Gasteiger partial charge on any atom is 0.305 e. The van der Waals surface area contributed by atoms with Gasteiger partial charge in [-0.2, -0.15) is 0 Å². The van der Waals surface area contributed by atoms with Crippen LogP contribution in [-0.4, -0.2) is 60.0 Å². The first-order chi connectivity index (χ1) is 7.90. The minimum Gasteiger partial charge on any atom is -0.481 e. The molecule has 2 unspecified atom stereocenters. The molecule has 1 heterocycles. The van der Waals surface area contributed by atoms with E-state index in [4.69, 9.17) is 5.11 Å². The van der Waals surface area contributed by atoms with Gasteiger partial charge in [-0.3, -0.25) is 9.59 Å². The van der Waals surface area contributed by atoms with Gasteiger partial charge in [0.1, 0.15) is 0 Å². The van der Waals surface area contributed by atoms with Crippen LogP contribution in [0.5, 0.6) is 0 Å². The van der Waals surface area contributed by atoms with Crippen molar-refractivity contribution < 1.29 is 14.7 Å². The SMILES string of the molecule is CC(CC(=O)O)N(C)C(=O)CC1CCN(C)C1. The number of carbonyl (C=O) groups is 2. The van der Waals surface area contributed by atoms with Crippen LogP contribution in [0, 0.1) is 5.92 Å². The Bertz CT molecular complexity index is 293. The van der Waals surface area contributed by atoms with Crippen LogP contribution in [0.4, 0.5) is 0 Å². The number of carbonyl (C=O) groups excluding carboxylic acids is 1. The van der Waals surface area contributed by atoms with Gasteiger partial charge in [-0.05, 0) is 32.9 Å². The molecule has 0 aliphatic carbocycles. The van der Waals surface area contributed by atoms with Crippen LogP contribution in [-0.2, 0) is 9.59 Å². The molecule has 0 aromatic rings. The number of likely N-dealkylation sites (tertiary alicyclic amines) is 1. The third-order valence-corrected chi connectivity index (χ3v) is 3.48. The smallest absolute Gasteiger partial charge is 0.305 e. The van der Waals surface area contributed by atoms with Gasteiger partial charge in [0.25, 0.3) is 0 Å². The molecule has 1 aliphatic rings. The summed E-state index contributed by atoms with van der Waals surface area (Å²) in [4.78, 5) is 26.3. The van der Waals surface area contributed by atoms with Gasteiger partial charge >= 0.3 is 5.97 Å². The van der Waals surface area contributed by atoms with Crippen LogP contribution in [0.2, 0.25) is 0 Å². The third kappa shape index (κ3) is 4.34. The van der Waals surface area contributed by atoms with Crippen molar-refractivity contribution in [2.45, 2.75) is 32.2 Å². The molecule has 1 N–H and O–H groups in total. The van der Waals surface area contributed by atoms with E-state index in [0.717, 1.165) is 19.5 Å². The Hall–Kier alpha value is -1.10. The van der Waals surface area contributed by atoms with Gasteiger partial charge in [0.05, 0.1) is 6.42 Å². The average Bonchev–Trinajstić information content (AvgIpc) is 2.61. The molecule has 5 nitrogen and oxygen atoms in total. The summed E-state index contributed by atoms with van der Waals surface area (Å²) >= 11 is 0. The fraction of sp³-hybridized carbons (Fsp3) is 0.833. The van der Waals surface area contributed by atoms with Crippen LogP contribution < -0.4 is 0 Å². The molecule has 1 saturated heterocycles. The van der Waals surface area contributed by atoms with Crippen LogP contribution >= 0.6 is 0 Å². The molecule has 0 radical (unpaired) electrons. The average molecular weight is 242 g/mol. The predicted molar refractivity (Wildman–Crippen MR) is 64.7 cm³/mol. The molecular formula is C12H22N2O3. The summed E-state index contributed by atoms with van der Waals surface area (Å²) < 4.78 is 0. The molecule has 1 amide bonds. The first kappa shape index (κ1) is 14.0. The quantitative estimate of drug-likeness (QED) is 0.769. The Labute approximate surface area is 102 Å². The molecule has 17 heavy (non-hydrogen) atoms. The normalized spacial score (nSPS) is 22.4. The van der Waals surface area contributed by atoms with Crippen LogP contribution in [0.25, 0.3) is 0 Å². The number of rotatable bonds is 5. The van der Waals surface area contributed by atoms with E-state index in [0.29, 0.717) is 12.3 Å². The number of amides is 1. The van der Waals surface area contributed by atoms with E-state index >= 15 is 0 Å². The zero-order chi connectivity index (χ0) is 13.0. The highest BCUT2D eigenvalue weighted by Gasteiger charge is 2.25. The molecule has 0 aromatic carbocycles. The highest BCUT2D eigenvalue weighted by molar-refractivity contribution is 5.77. The predicted octanol–water partition coefficient (Wildman–Crippen LogP) is 0.650. The van der Waals surface area contributed by atoms with Crippen molar-refractivity contribution in [3.63, 3.8) is 0 Å². The first-order valence-corrected chi connectivity index (χ1v) is 6.06. The molecule has 1 rings (SSSR count). The van der Waals surface area contributed by atoms with E-state index in [1.54, 1.807) is 18.9 Å². The fourth-order valence-electron chi connectivity index (χ4n) is 2.22. The molecule has 5 heteroatoms. The lowest BCUT2D eigenvalue weighted by Gasteiger charge is -2.25. The molecule has 0 saturated carbocycles. The number of carboxylic acid groups (broad SMARTS) is 1. The first-order valence-electron chi connectivity index (χ1n) is 6.06. The summed E-state index contributed by atoms with van der Waals surface area (Å²) in [7, 11) is 3.75. The second-order valence-corrected chi connectivity index (χ2v) is 5.07. The second-order valence-electron chi connectivity index (χ2n) is 5.07. The van der Waals surface area contributed by atoms with E-state index < -0.39 is 5.97 Å².